The van der Waals surface area contributed by atoms with Crippen LogP contribution in [0, 0.1) is 0 Å². The van der Waals surface area contributed by atoms with Crippen LogP contribution in [0.4, 0.5) is 39.8 Å². The van der Waals surface area contributed by atoms with Crippen molar-refractivity contribution in [2.45, 2.75) is 114 Å². The van der Waals surface area contributed by atoms with Gasteiger partial charge in [-0.3, -0.25) is 0 Å². The van der Waals surface area contributed by atoms with Gasteiger partial charge >= 0.3 is 0 Å². The molecule has 0 aromatic heterocycles. The first-order valence-electron chi connectivity index (χ1n) is 26.1. The smallest absolute Gasteiger partial charge is 0.252 e. The zero-order chi connectivity index (χ0) is 47.5. The van der Waals surface area contributed by atoms with Gasteiger partial charge in [-0.1, -0.05) is 187 Å². The number of rotatable bonds is 4. The molecular weight excluding hydrogens is 846 g/mol. The molecule has 0 bridgehead atoms. The normalized spacial score (nSPS) is 24.3. The summed E-state index contributed by atoms with van der Waals surface area (Å²) in [6.45, 7) is 17.5. The van der Waals surface area contributed by atoms with E-state index in [0.29, 0.717) is 0 Å². The Hall–Kier alpha value is -6.78. The SMILES string of the molecule is CC(C)(C)c1ccc2c(c1)C1(C)CCCCC1(C)N2c1cc2c3c(c1)N1c4c(cccc4C4(C)CCc5ccccc5C14C)B3c1cc(-c3ccccc3)ccc1N2c1ccc(-c2ccccc2)cc1. The highest BCUT2D eigenvalue weighted by molar-refractivity contribution is 7.00. The van der Waals surface area contributed by atoms with Crippen molar-refractivity contribution >= 4 is 62.9 Å². The molecule has 4 aliphatic heterocycles. The lowest BCUT2D eigenvalue weighted by Gasteiger charge is -2.54. The summed E-state index contributed by atoms with van der Waals surface area (Å²) >= 11 is 0. The molecule has 4 unspecified atom stereocenters. The van der Waals surface area contributed by atoms with Gasteiger partial charge in [-0.2, -0.15) is 0 Å². The summed E-state index contributed by atoms with van der Waals surface area (Å²) in [5.41, 5.74) is 25.2. The van der Waals surface area contributed by atoms with Crippen LogP contribution in [0.3, 0.4) is 0 Å². The Balaban J connectivity index is 1.10. The van der Waals surface area contributed by atoms with Gasteiger partial charge < -0.3 is 14.7 Å². The van der Waals surface area contributed by atoms with Crippen LogP contribution < -0.4 is 31.1 Å². The molecule has 0 N–H and O–H groups in total. The van der Waals surface area contributed by atoms with E-state index in [1.54, 1.807) is 0 Å². The molecule has 6 aliphatic rings. The summed E-state index contributed by atoms with van der Waals surface area (Å²) in [6.07, 6.45) is 7.00. The van der Waals surface area contributed by atoms with Gasteiger partial charge in [-0.15, -0.1) is 0 Å². The highest BCUT2D eigenvalue weighted by Crippen LogP contribution is 2.66. The third-order valence-corrected chi connectivity index (χ3v) is 19.2. The first kappa shape index (κ1) is 42.1. The Bertz CT molecular complexity index is 3460. The average Bonchev–Trinajstić information content (AvgIpc) is 3.74. The number of anilines is 7. The number of aryl methyl sites for hydroxylation is 1. The molecule has 0 spiro atoms. The van der Waals surface area contributed by atoms with Gasteiger partial charge in [0.05, 0.1) is 11.1 Å². The predicted molar refractivity (Wildman–Crippen MR) is 296 cm³/mol. The van der Waals surface area contributed by atoms with Crippen molar-refractivity contribution in [3.8, 4) is 22.3 Å². The van der Waals surface area contributed by atoms with Crippen LogP contribution in [0.25, 0.3) is 22.3 Å². The monoisotopic (exact) mass is 908 g/mol. The van der Waals surface area contributed by atoms with Crippen LogP contribution in [0.15, 0.2) is 176 Å². The van der Waals surface area contributed by atoms with E-state index in [0.717, 1.165) is 19.3 Å². The molecule has 0 amide bonds. The fourth-order valence-corrected chi connectivity index (χ4v) is 15.1. The number of hydrogen-bond acceptors (Lipinski definition) is 3. The van der Waals surface area contributed by atoms with Crippen LogP contribution in [0.5, 0.6) is 0 Å². The van der Waals surface area contributed by atoms with Crippen LogP contribution >= 0.6 is 0 Å². The van der Waals surface area contributed by atoms with Gasteiger partial charge in [0, 0.05) is 50.6 Å². The molecule has 344 valence electrons. The Labute approximate surface area is 415 Å². The molecule has 1 fully saturated rings. The summed E-state index contributed by atoms with van der Waals surface area (Å²) < 4.78 is 0. The Kier molecular flexibility index (Phi) is 8.67. The molecule has 2 aliphatic carbocycles. The number of nitrogens with zero attached hydrogens (tertiary/aromatic N) is 3. The van der Waals surface area contributed by atoms with Crippen molar-refractivity contribution in [2.24, 2.45) is 0 Å². The van der Waals surface area contributed by atoms with E-state index >= 15 is 0 Å². The van der Waals surface area contributed by atoms with Crippen molar-refractivity contribution in [2.75, 3.05) is 14.7 Å². The highest BCUT2D eigenvalue weighted by Gasteiger charge is 2.64. The molecule has 14 rings (SSSR count). The van der Waals surface area contributed by atoms with Gasteiger partial charge in [0.15, 0.2) is 0 Å². The largest absolute Gasteiger partial charge is 0.334 e. The average molecular weight is 908 g/mol. The van der Waals surface area contributed by atoms with E-state index in [9.17, 15) is 0 Å². The fourth-order valence-electron chi connectivity index (χ4n) is 15.1. The second-order valence-electron chi connectivity index (χ2n) is 23.5. The summed E-state index contributed by atoms with van der Waals surface area (Å²) in [4.78, 5) is 8.37. The summed E-state index contributed by atoms with van der Waals surface area (Å²) in [5, 5.41) is 0. The maximum Gasteiger partial charge on any atom is 0.252 e. The Morgan fingerprint density at radius 2 is 1.10 bits per heavy atom. The van der Waals surface area contributed by atoms with Crippen molar-refractivity contribution in [1.82, 2.24) is 0 Å². The van der Waals surface area contributed by atoms with Gasteiger partial charge in [-0.05, 0) is 148 Å². The molecule has 8 aromatic carbocycles. The molecule has 3 nitrogen and oxygen atoms in total. The van der Waals surface area contributed by atoms with Crippen molar-refractivity contribution in [3.05, 3.63) is 204 Å². The molecule has 0 radical (unpaired) electrons. The topological polar surface area (TPSA) is 9.72 Å². The van der Waals surface area contributed by atoms with E-state index in [4.69, 9.17) is 0 Å². The molecule has 0 saturated heterocycles. The summed E-state index contributed by atoms with van der Waals surface area (Å²) in [7, 11) is 0. The molecule has 4 heteroatoms. The van der Waals surface area contributed by atoms with Crippen molar-refractivity contribution in [1.29, 1.82) is 0 Å². The Morgan fingerprint density at radius 3 is 1.86 bits per heavy atom. The second-order valence-corrected chi connectivity index (χ2v) is 23.5. The van der Waals surface area contributed by atoms with Crippen LogP contribution in [-0.4, -0.2) is 12.3 Å². The third kappa shape index (κ3) is 5.38. The number of benzene rings is 8. The van der Waals surface area contributed by atoms with Gasteiger partial charge in [0.1, 0.15) is 0 Å². The molecule has 1 saturated carbocycles. The first-order chi connectivity index (χ1) is 33.8. The predicted octanol–water partition coefficient (Wildman–Crippen LogP) is 14.9. The van der Waals surface area contributed by atoms with Crippen molar-refractivity contribution < 1.29 is 0 Å². The lowest BCUT2D eigenvalue weighted by atomic mass is 9.33. The van der Waals surface area contributed by atoms with Crippen LogP contribution in [0.1, 0.15) is 108 Å². The van der Waals surface area contributed by atoms with E-state index in [-0.39, 0.29) is 34.0 Å². The molecule has 4 heterocycles. The minimum Gasteiger partial charge on any atom is -0.334 e. The third-order valence-electron chi connectivity index (χ3n) is 19.2. The molecule has 8 aromatic rings. The maximum atomic E-state index is 2.89. The molecule has 4 atom stereocenters. The van der Waals surface area contributed by atoms with Crippen molar-refractivity contribution in [3.63, 3.8) is 0 Å². The Morgan fingerprint density at radius 1 is 0.457 bits per heavy atom. The van der Waals surface area contributed by atoms with Crippen LogP contribution in [-0.2, 0) is 28.2 Å². The lowest BCUT2D eigenvalue weighted by molar-refractivity contribution is 0.195. The quantitative estimate of drug-likeness (QED) is 0.163. The highest BCUT2D eigenvalue weighted by atomic mass is 15.3. The molecular formula is C66H62BN3. The van der Waals surface area contributed by atoms with Gasteiger partial charge in [0.25, 0.3) is 6.71 Å². The fraction of sp³-hybridized carbons (Fsp3) is 0.273. The van der Waals surface area contributed by atoms with E-state index in [1.807, 2.05) is 0 Å². The zero-order valence-electron chi connectivity index (χ0n) is 41.9. The summed E-state index contributed by atoms with van der Waals surface area (Å²) in [5.74, 6) is 0. The number of hydrogen-bond donors (Lipinski definition) is 0. The molecule has 70 heavy (non-hydrogen) atoms. The van der Waals surface area contributed by atoms with Gasteiger partial charge in [-0.25, -0.2) is 0 Å². The lowest BCUT2D eigenvalue weighted by Crippen LogP contribution is -2.64. The number of para-hydroxylation sites is 1. The first-order valence-corrected chi connectivity index (χ1v) is 26.1. The maximum absolute atomic E-state index is 2.89. The zero-order valence-corrected chi connectivity index (χ0v) is 41.9. The van der Waals surface area contributed by atoms with Crippen LogP contribution in [0.2, 0.25) is 0 Å². The second kappa shape index (κ2) is 14.4. The van der Waals surface area contributed by atoms with E-state index in [2.05, 4.69) is 239 Å². The van der Waals surface area contributed by atoms with Gasteiger partial charge in [0.2, 0.25) is 0 Å². The van der Waals surface area contributed by atoms with E-state index < -0.39 is 0 Å². The standard InChI is InChI=1S/C66H62BN3/c1-62(2,3)48-30-34-56-53(40-48)63(4)36-16-17-37-65(63,6)69(56)50-41-58-60-59(42-50)70-61-52(64(5)38-35-46-23-14-15-24-51(46)66(64,70)7)25-18-26-54(61)67(60)55-39-47(44-21-12-9-13-22-44)29-33-57(55)68(58)49-31-27-45(28-32-49)43-19-10-8-11-20-43/h8-15,18-34,39-42H,16-17,35-38H2,1-7H3. The minimum atomic E-state index is -0.334. The summed E-state index contributed by atoms with van der Waals surface area (Å²) in [6, 6.07) is 68.2. The number of fused-ring (bicyclic) bond motifs is 12. The van der Waals surface area contributed by atoms with E-state index in [1.165, 1.54) is 126 Å². The minimum absolute atomic E-state index is 0.00875.